The molecule has 0 saturated carbocycles. The van der Waals surface area contributed by atoms with Gasteiger partial charge in [-0.15, -0.1) is 0 Å². The molecule has 1 aliphatic heterocycles. The van der Waals surface area contributed by atoms with Gasteiger partial charge in [0.05, 0.1) is 5.60 Å². The van der Waals surface area contributed by atoms with E-state index in [1.54, 1.807) is 12.4 Å². The number of aromatic nitrogens is 6. The molecule has 0 aromatic carbocycles. The molecule has 1 aliphatic rings. The van der Waals surface area contributed by atoms with Crippen molar-refractivity contribution in [2.75, 3.05) is 6.61 Å². The monoisotopic (exact) mass is 352 g/mol. The van der Waals surface area contributed by atoms with Gasteiger partial charge < -0.3 is 9.30 Å². The van der Waals surface area contributed by atoms with E-state index in [4.69, 9.17) is 4.74 Å². The van der Waals surface area contributed by atoms with Crippen LogP contribution in [0.25, 0.3) is 11.4 Å². The maximum atomic E-state index is 5.84. The van der Waals surface area contributed by atoms with Crippen molar-refractivity contribution in [1.29, 1.82) is 0 Å². The van der Waals surface area contributed by atoms with Gasteiger partial charge in [-0.2, -0.15) is 5.10 Å². The van der Waals surface area contributed by atoms with Gasteiger partial charge in [0.15, 0.2) is 5.82 Å². The third kappa shape index (κ3) is 3.67. The Labute approximate surface area is 152 Å². The molecule has 0 amide bonds. The first-order valence-electron chi connectivity index (χ1n) is 9.07. The second kappa shape index (κ2) is 6.99. The number of nitrogens with one attached hydrogen (secondary N) is 1. The van der Waals surface area contributed by atoms with Crippen LogP contribution in [0.15, 0.2) is 36.9 Å². The third-order valence-corrected chi connectivity index (χ3v) is 4.85. The predicted octanol–water partition coefficient (Wildman–Crippen LogP) is 2.98. The van der Waals surface area contributed by atoms with Gasteiger partial charge in [-0.25, -0.2) is 9.97 Å². The number of nitrogens with zero attached hydrogens (tertiary/aromatic N) is 5. The largest absolute Gasteiger partial charge is 0.376 e. The predicted molar refractivity (Wildman–Crippen MR) is 97.6 cm³/mol. The van der Waals surface area contributed by atoms with Crippen LogP contribution < -0.4 is 0 Å². The number of ether oxygens (including phenoxy) is 1. The standard InChI is InChI=1S/C19H24N6O/c1-19(2)12-14(6-11-26-19)18-21-8-10-25(18)9-5-16-22-17(24-23-16)15-4-3-7-20-13-15/h3-4,7-8,10,13-14H,5-6,9,11-12H2,1-2H3,(H,22,23,24)/t14-/m0/s1. The molecule has 1 fully saturated rings. The molecule has 3 aromatic rings. The van der Waals surface area contributed by atoms with Gasteiger partial charge in [-0.05, 0) is 38.8 Å². The van der Waals surface area contributed by atoms with E-state index in [-0.39, 0.29) is 5.60 Å². The first-order valence-corrected chi connectivity index (χ1v) is 9.07. The van der Waals surface area contributed by atoms with E-state index in [9.17, 15) is 0 Å². The first kappa shape index (κ1) is 16.9. The molecule has 1 saturated heterocycles. The highest BCUT2D eigenvalue weighted by Gasteiger charge is 2.31. The topological polar surface area (TPSA) is 81.5 Å². The highest BCUT2D eigenvalue weighted by atomic mass is 16.5. The Morgan fingerprint density at radius 2 is 2.27 bits per heavy atom. The minimum absolute atomic E-state index is 0.0801. The fourth-order valence-electron chi connectivity index (χ4n) is 3.58. The van der Waals surface area contributed by atoms with Crippen LogP contribution in [0.4, 0.5) is 0 Å². The summed E-state index contributed by atoms with van der Waals surface area (Å²) in [4.78, 5) is 13.3. The number of aromatic amines is 1. The average molecular weight is 352 g/mol. The summed E-state index contributed by atoms with van der Waals surface area (Å²) in [6, 6.07) is 3.85. The molecule has 136 valence electrons. The van der Waals surface area contributed by atoms with Gasteiger partial charge in [0.25, 0.3) is 0 Å². The number of rotatable bonds is 5. The van der Waals surface area contributed by atoms with Gasteiger partial charge in [-0.1, -0.05) is 0 Å². The summed E-state index contributed by atoms with van der Waals surface area (Å²) < 4.78 is 8.08. The van der Waals surface area contributed by atoms with Crippen LogP contribution in [0.1, 0.15) is 44.3 Å². The van der Waals surface area contributed by atoms with E-state index >= 15 is 0 Å². The SMILES string of the molecule is CC1(C)C[C@@H](c2nccn2CCc2nc(-c3cccnc3)n[nH]2)CCO1. The number of pyridine rings is 1. The zero-order chi connectivity index (χ0) is 18.0. The molecule has 7 nitrogen and oxygen atoms in total. The molecule has 0 aliphatic carbocycles. The Balaban J connectivity index is 1.43. The maximum absolute atomic E-state index is 5.84. The van der Waals surface area contributed by atoms with E-state index in [0.717, 1.165) is 49.6 Å². The van der Waals surface area contributed by atoms with Crippen LogP contribution in [0, 0.1) is 0 Å². The third-order valence-electron chi connectivity index (χ3n) is 4.85. The average Bonchev–Trinajstić information content (AvgIpc) is 3.29. The highest BCUT2D eigenvalue weighted by molar-refractivity contribution is 5.52. The lowest BCUT2D eigenvalue weighted by Crippen LogP contribution is -2.34. The first-order chi connectivity index (χ1) is 12.6. The van der Waals surface area contributed by atoms with Gasteiger partial charge in [0, 0.05) is 55.8 Å². The Kier molecular flexibility index (Phi) is 4.55. The molecular formula is C19H24N6O. The summed E-state index contributed by atoms with van der Waals surface area (Å²) in [5.41, 5.74) is 0.839. The minimum Gasteiger partial charge on any atom is -0.376 e. The van der Waals surface area contributed by atoms with Crippen molar-refractivity contribution in [3.63, 3.8) is 0 Å². The fourth-order valence-corrected chi connectivity index (χ4v) is 3.58. The molecule has 4 rings (SSSR count). The van der Waals surface area contributed by atoms with Gasteiger partial charge in [0.1, 0.15) is 11.6 Å². The second-order valence-electron chi connectivity index (χ2n) is 7.37. The van der Waals surface area contributed by atoms with Crippen molar-refractivity contribution in [2.24, 2.45) is 0 Å². The van der Waals surface area contributed by atoms with Gasteiger partial charge >= 0.3 is 0 Å². The van der Waals surface area contributed by atoms with Crippen molar-refractivity contribution < 1.29 is 4.74 Å². The molecule has 7 heteroatoms. The number of imidazole rings is 1. The molecule has 26 heavy (non-hydrogen) atoms. The molecule has 4 heterocycles. The minimum atomic E-state index is -0.0801. The summed E-state index contributed by atoms with van der Waals surface area (Å²) in [5.74, 6) is 3.14. The lowest BCUT2D eigenvalue weighted by molar-refractivity contribution is -0.0606. The van der Waals surface area contributed by atoms with Crippen LogP contribution in [0.3, 0.4) is 0 Å². The maximum Gasteiger partial charge on any atom is 0.182 e. The van der Waals surface area contributed by atoms with Crippen molar-refractivity contribution in [1.82, 2.24) is 29.7 Å². The molecule has 3 aromatic heterocycles. The summed E-state index contributed by atoms with van der Waals surface area (Å²) in [5, 5.41) is 7.34. The molecular weight excluding hydrogens is 328 g/mol. The van der Waals surface area contributed by atoms with Crippen molar-refractivity contribution in [3.8, 4) is 11.4 Å². The Hall–Kier alpha value is -2.54. The van der Waals surface area contributed by atoms with Crippen LogP contribution >= 0.6 is 0 Å². The molecule has 0 bridgehead atoms. The summed E-state index contributed by atoms with van der Waals surface area (Å²) in [6.07, 6.45) is 10.3. The smallest absolute Gasteiger partial charge is 0.182 e. The van der Waals surface area contributed by atoms with Crippen LogP contribution in [-0.4, -0.2) is 41.9 Å². The van der Waals surface area contributed by atoms with Crippen molar-refractivity contribution in [3.05, 3.63) is 48.6 Å². The number of aryl methyl sites for hydroxylation is 2. The molecule has 0 spiro atoms. The molecule has 0 unspecified atom stereocenters. The van der Waals surface area contributed by atoms with E-state index in [2.05, 4.69) is 49.8 Å². The van der Waals surface area contributed by atoms with Crippen LogP contribution in [0.2, 0.25) is 0 Å². The van der Waals surface area contributed by atoms with E-state index in [1.165, 1.54) is 0 Å². The Bertz CT molecular complexity index is 854. The van der Waals surface area contributed by atoms with E-state index in [0.29, 0.717) is 11.7 Å². The van der Waals surface area contributed by atoms with Gasteiger partial charge in [-0.3, -0.25) is 10.1 Å². The van der Waals surface area contributed by atoms with E-state index < -0.39 is 0 Å². The van der Waals surface area contributed by atoms with Crippen molar-refractivity contribution in [2.45, 2.75) is 51.2 Å². The quantitative estimate of drug-likeness (QED) is 0.763. The zero-order valence-electron chi connectivity index (χ0n) is 15.2. The molecule has 1 N–H and O–H groups in total. The number of hydrogen-bond donors (Lipinski definition) is 1. The summed E-state index contributed by atoms with van der Waals surface area (Å²) >= 11 is 0. The Morgan fingerprint density at radius 3 is 3.08 bits per heavy atom. The number of hydrogen-bond acceptors (Lipinski definition) is 5. The zero-order valence-corrected chi connectivity index (χ0v) is 15.2. The van der Waals surface area contributed by atoms with E-state index in [1.807, 2.05) is 18.3 Å². The lowest BCUT2D eigenvalue weighted by atomic mass is 9.88. The molecule has 0 radical (unpaired) electrons. The normalized spacial score (nSPS) is 19.5. The highest BCUT2D eigenvalue weighted by Crippen LogP contribution is 2.34. The number of H-pyrrole nitrogens is 1. The summed E-state index contributed by atoms with van der Waals surface area (Å²) in [7, 11) is 0. The molecule has 1 atom stereocenters. The Morgan fingerprint density at radius 1 is 1.35 bits per heavy atom. The fraction of sp³-hybridized carbons (Fsp3) is 0.474. The lowest BCUT2D eigenvalue weighted by Gasteiger charge is -2.35. The second-order valence-corrected chi connectivity index (χ2v) is 7.37. The van der Waals surface area contributed by atoms with Crippen LogP contribution in [0.5, 0.6) is 0 Å². The van der Waals surface area contributed by atoms with Crippen molar-refractivity contribution >= 4 is 0 Å². The van der Waals surface area contributed by atoms with Crippen LogP contribution in [-0.2, 0) is 17.7 Å². The summed E-state index contributed by atoms with van der Waals surface area (Å²) in [6.45, 7) is 5.93. The van der Waals surface area contributed by atoms with Gasteiger partial charge in [0.2, 0.25) is 0 Å².